The molecule has 110 valence electrons. The van der Waals surface area contributed by atoms with Gasteiger partial charge in [0, 0.05) is 19.8 Å². The van der Waals surface area contributed by atoms with Gasteiger partial charge in [-0.2, -0.15) is 0 Å². The lowest BCUT2D eigenvalue weighted by Gasteiger charge is -2.18. The second kappa shape index (κ2) is 6.10. The number of carbonyl (C=O) groups is 1. The van der Waals surface area contributed by atoms with E-state index in [0.29, 0.717) is 6.54 Å². The van der Waals surface area contributed by atoms with Gasteiger partial charge in [0.2, 0.25) is 0 Å². The Labute approximate surface area is 124 Å². The minimum Gasteiger partial charge on any atom is -0.337 e. The van der Waals surface area contributed by atoms with Gasteiger partial charge in [-0.3, -0.25) is 4.79 Å². The maximum atomic E-state index is 12.5. The average Bonchev–Trinajstić information content (AvgIpc) is 2.46. The fourth-order valence-corrected chi connectivity index (χ4v) is 2.98. The highest BCUT2D eigenvalue weighted by atomic mass is 32.2. The van der Waals surface area contributed by atoms with Gasteiger partial charge in [0.15, 0.2) is 9.84 Å². The van der Waals surface area contributed by atoms with Gasteiger partial charge in [-0.25, -0.2) is 8.42 Å². The molecule has 0 aliphatic rings. The first-order chi connectivity index (χ1) is 9.89. The first-order valence-electron chi connectivity index (χ1n) is 6.48. The maximum Gasteiger partial charge on any atom is 0.255 e. The minimum absolute atomic E-state index is 0.0647. The van der Waals surface area contributed by atoms with E-state index < -0.39 is 9.84 Å². The predicted molar refractivity (Wildman–Crippen MR) is 81.8 cm³/mol. The lowest BCUT2D eigenvalue weighted by Crippen LogP contribution is -2.27. The molecule has 0 aliphatic heterocycles. The molecule has 2 aromatic rings. The van der Waals surface area contributed by atoms with E-state index in [4.69, 9.17) is 0 Å². The molecule has 2 rings (SSSR count). The summed E-state index contributed by atoms with van der Waals surface area (Å²) in [6.45, 7) is 0.428. The van der Waals surface area contributed by atoms with Crippen molar-refractivity contribution in [2.24, 2.45) is 0 Å². The Kier molecular flexibility index (Phi) is 4.43. The van der Waals surface area contributed by atoms with Crippen molar-refractivity contribution in [3.05, 3.63) is 65.7 Å². The molecule has 0 aromatic heterocycles. The van der Waals surface area contributed by atoms with Crippen LogP contribution in [0, 0.1) is 0 Å². The van der Waals surface area contributed by atoms with Crippen LogP contribution in [0.15, 0.2) is 59.5 Å². The predicted octanol–water partition coefficient (Wildman–Crippen LogP) is 2.36. The average molecular weight is 303 g/mol. The van der Waals surface area contributed by atoms with Crippen molar-refractivity contribution in [3.8, 4) is 0 Å². The van der Waals surface area contributed by atoms with E-state index in [1.54, 1.807) is 25.2 Å². The summed E-state index contributed by atoms with van der Waals surface area (Å²) >= 11 is 0. The number of benzene rings is 2. The van der Waals surface area contributed by atoms with E-state index in [1.807, 2.05) is 30.3 Å². The van der Waals surface area contributed by atoms with Crippen molar-refractivity contribution in [2.75, 3.05) is 13.3 Å². The summed E-state index contributed by atoms with van der Waals surface area (Å²) in [5.41, 5.74) is 1.20. The van der Waals surface area contributed by atoms with Crippen LogP contribution in [0.2, 0.25) is 0 Å². The van der Waals surface area contributed by atoms with Crippen molar-refractivity contribution >= 4 is 15.7 Å². The van der Waals surface area contributed by atoms with E-state index in [1.165, 1.54) is 11.0 Å². The highest BCUT2D eigenvalue weighted by Gasteiger charge is 2.20. The lowest BCUT2D eigenvalue weighted by atomic mass is 10.1. The zero-order chi connectivity index (χ0) is 15.5. The van der Waals surface area contributed by atoms with Crippen molar-refractivity contribution in [1.29, 1.82) is 0 Å². The van der Waals surface area contributed by atoms with Crippen molar-refractivity contribution < 1.29 is 13.2 Å². The summed E-state index contributed by atoms with van der Waals surface area (Å²) in [4.78, 5) is 14.1. The van der Waals surface area contributed by atoms with Crippen LogP contribution in [-0.4, -0.2) is 32.5 Å². The van der Waals surface area contributed by atoms with Gasteiger partial charge in [0.05, 0.1) is 10.5 Å². The summed E-state index contributed by atoms with van der Waals surface area (Å²) in [5, 5.41) is 0. The number of amides is 1. The van der Waals surface area contributed by atoms with Crippen LogP contribution in [0.25, 0.3) is 0 Å². The molecule has 0 fully saturated rings. The summed E-state index contributed by atoms with van der Waals surface area (Å²) in [6.07, 6.45) is 1.11. The van der Waals surface area contributed by atoms with E-state index in [2.05, 4.69) is 0 Å². The highest BCUT2D eigenvalue weighted by molar-refractivity contribution is 7.90. The van der Waals surface area contributed by atoms with Gasteiger partial charge in [0.1, 0.15) is 0 Å². The summed E-state index contributed by atoms with van der Waals surface area (Å²) < 4.78 is 23.5. The highest BCUT2D eigenvalue weighted by Crippen LogP contribution is 2.17. The first kappa shape index (κ1) is 15.3. The smallest absolute Gasteiger partial charge is 0.255 e. The summed E-state index contributed by atoms with van der Waals surface area (Å²) in [6, 6.07) is 15.8. The molecular weight excluding hydrogens is 286 g/mol. The monoisotopic (exact) mass is 303 g/mol. The van der Waals surface area contributed by atoms with Crippen LogP contribution in [0.1, 0.15) is 15.9 Å². The Morgan fingerprint density at radius 1 is 1.00 bits per heavy atom. The van der Waals surface area contributed by atoms with Gasteiger partial charge in [-0.15, -0.1) is 0 Å². The van der Waals surface area contributed by atoms with Gasteiger partial charge >= 0.3 is 0 Å². The summed E-state index contributed by atoms with van der Waals surface area (Å²) in [7, 11) is -1.77. The zero-order valence-electron chi connectivity index (χ0n) is 12.0. The molecule has 0 aliphatic carbocycles. The number of hydrogen-bond acceptors (Lipinski definition) is 3. The molecule has 0 radical (unpaired) electrons. The molecular formula is C16H17NO3S. The minimum atomic E-state index is -3.43. The number of nitrogens with zero attached hydrogens (tertiary/aromatic N) is 1. The van der Waals surface area contributed by atoms with Crippen molar-refractivity contribution in [2.45, 2.75) is 11.4 Å². The normalized spacial score (nSPS) is 11.1. The number of sulfone groups is 1. The Morgan fingerprint density at radius 3 is 2.19 bits per heavy atom. The third-order valence-corrected chi connectivity index (χ3v) is 4.28. The molecule has 0 bridgehead atoms. The van der Waals surface area contributed by atoms with E-state index >= 15 is 0 Å². The van der Waals surface area contributed by atoms with E-state index in [-0.39, 0.29) is 16.4 Å². The SMILES string of the molecule is CN(Cc1ccccc1)C(=O)c1ccccc1S(C)(=O)=O. The van der Waals surface area contributed by atoms with Crippen LogP contribution in [-0.2, 0) is 16.4 Å². The maximum absolute atomic E-state index is 12.5. The molecule has 21 heavy (non-hydrogen) atoms. The first-order valence-corrected chi connectivity index (χ1v) is 8.37. The number of rotatable bonds is 4. The van der Waals surface area contributed by atoms with Crippen LogP contribution in [0.4, 0.5) is 0 Å². The van der Waals surface area contributed by atoms with Crippen LogP contribution < -0.4 is 0 Å². The van der Waals surface area contributed by atoms with Crippen LogP contribution in [0.3, 0.4) is 0 Å². The third-order valence-electron chi connectivity index (χ3n) is 3.13. The second-order valence-electron chi connectivity index (χ2n) is 4.92. The van der Waals surface area contributed by atoms with Gasteiger partial charge < -0.3 is 4.90 Å². The molecule has 5 heteroatoms. The molecule has 0 atom stereocenters. The standard InChI is InChI=1S/C16H17NO3S/c1-17(12-13-8-4-3-5-9-13)16(18)14-10-6-7-11-15(14)21(2,19)20/h3-11H,12H2,1-2H3. The molecule has 2 aromatic carbocycles. The molecule has 0 N–H and O–H groups in total. The Hall–Kier alpha value is -2.14. The second-order valence-corrected chi connectivity index (χ2v) is 6.90. The van der Waals surface area contributed by atoms with E-state index in [0.717, 1.165) is 11.8 Å². The van der Waals surface area contributed by atoms with Crippen molar-refractivity contribution in [1.82, 2.24) is 4.90 Å². The van der Waals surface area contributed by atoms with Crippen molar-refractivity contribution in [3.63, 3.8) is 0 Å². The number of hydrogen-bond donors (Lipinski definition) is 0. The molecule has 0 unspecified atom stereocenters. The fourth-order valence-electron chi connectivity index (χ4n) is 2.10. The summed E-state index contributed by atoms with van der Waals surface area (Å²) in [5.74, 6) is -0.306. The van der Waals surface area contributed by atoms with Crippen LogP contribution >= 0.6 is 0 Å². The molecule has 1 amide bonds. The molecule has 4 nitrogen and oxygen atoms in total. The fraction of sp³-hybridized carbons (Fsp3) is 0.188. The van der Waals surface area contributed by atoms with Gasteiger partial charge in [0.25, 0.3) is 5.91 Å². The topological polar surface area (TPSA) is 54.5 Å². The van der Waals surface area contributed by atoms with E-state index in [9.17, 15) is 13.2 Å². The molecule has 0 heterocycles. The Bertz CT molecular complexity index is 739. The van der Waals surface area contributed by atoms with Gasteiger partial charge in [-0.1, -0.05) is 42.5 Å². The molecule has 0 saturated carbocycles. The van der Waals surface area contributed by atoms with Crippen LogP contribution in [0.5, 0.6) is 0 Å². The Morgan fingerprint density at radius 2 is 1.57 bits per heavy atom. The number of carbonyl (C=O) groups excluding carboxylic acids is 1. The largest absolute Gasteiger partial charge is 0.337 e. The molecule has 0 saturated heterocycles. The Balaban J connectivity index is 2.29. The molecule has 0 spiro atoms. The quantitative estimate of drug-likeness (QED) is 0.871. The lowest BCUT2D eigenvalue weighted by molar-refractivity contribution is 0.0781. The zero-order valence-corrected chi connectivity index (χ0v) is 12.8. The third kappa shape index (κ3) is 3.70. The van der Waals surface area contributed by atoms with Gasteiger partial charge in [-0.05, 0) is 17.7 Å².